The summed E-state index contributed by atoms with van der Waals surface area (Å²) in [5.41, 5.74) is 1.04. The van der Waals surface area contributed by atoms with Crippen molar-refractivity contribution < 1.29 is 14.0 Å². The fourth-order valence-corrected chi connectivity index (χ4v) is 2.85. The lowest BCUT2D eigenvalue weighted by atomic mass is 9.87. The van der Waals surface area contributed by atoms with Gasteiger partial charge in [0.2, 0.25) is 0 Å². The van der Waals surface area contributed by atoms with Crippen LogP contribution in [0.1, 0.15) is 44.1 Å². The molecule has 0 heterocycles. The van der Waals surface area contributed by atoms with Crippen LogP contribution in [0, 0.1) is 18.7 Å². The van der Waals surface area contributed by atoms with Gasteiger partial charge in [0.25, 0.3) is 0 Å². The smallest absolute Gasteiger partial charge is 0.313 e. The maximum absolute atomic E-state index is 13.2. The first-order valence-electron chi connectivity index (χ1n) is 7.91. The molecule has 120 valence electrons. The van der Waals surface area contributed by atoms with E-state index in [4.69, 9.17) is 0 Å². The first-order valence-corrected chi connectivity index (χ1v) is 7.91. The number of amides is 2. The van der Waals surface area contributed by atoms with Crippen LogP contribution in [0.2, 0.25) is 0 Å². The highest BCUT2D eigenvalue weighted by molar-refractivity contribution is 6.39. The molecule has 1 fully saturated rings. The first kappa shape index (κ1) is 16.5. The molecule has 1 aliphatic carbocycles. The number of carbonyl (C=O) groups excluding carboxylic acids is 2. The van der Waals surface area contributed by atoms with Crippen LogP contribution >= 0.6 is 0 Å². The zero-order valence-electron chi connectivity index (χ0n) is 13.0. The third-order valence-corrected chi connectivity index (χ3v) is 4.22. The molecule has 0 bridgehead atoms. The molecule has 22 heavy (non-hydrogen) atoms. The van der Waals surface area contributed by atoms with Crippen molar-refractivity contribution >= 4 is 17.5 Å². The number of hydrogen-bond donors (Lipinski definition) is 2. The summed E-state index contributed by atoms with van der Waals surface area (Å²) in [7, 11) is 0. The molecule has 1 saturated carbocycles. The molecule has 2 amide bonds. The van der Waals surface area contributed by atoms with Crippen molar-refractivity contribution in [3.05, 3.63) is 29.6 Å². The quantitative estimate of drug-likeness (QED) is 0.840. The van der Waals surface area contributed by atoms with E-state index in [1.54, 1.807) is 13.0 Å². The Morgan fingerprint density at radius 2 is 1.91 bits per heavy atom. The molecule has 1 aliphatic rings. The Hall–Kier alpha value is -1.91. The van der Waals surface area contributed by atoms with Crippen molar-refractivity contribution in [2.75, 3.05) is 11.9 Å². The van der Waals surface area contributed by atoms with Gasteiger partial charge < -0.3 is 10.6 Å². The normalized spacial score (nSPS) is 15.4. The number of carbonyl (C=O) groups is 2. The van der Waals surface area contributed by atoms with Crippen molar-refractivity contribution in [3.8, 4) is 0 Å². The molecule has 2 N–H and O–H groups in total. The molecule has 0 radical (unpaired) electrons. The summed E-state index contributed by atoms with van der Waals surface area (Å²) in [6.45, 7) is 2.26. The number of rotatable bonds is 4. The second-order valence-electron chi connectivity index (χ2n) is 5.96. The van der Waals surface area contributed by atoms with Crippen LogP contribution in [0.5, 0.6) is 0 Å². The van der Waals surface area contributed by atoms with Gasteiger partial charge in [-0.25, -0.2) is 4.39 Å². The molecule has 0 spiro atoms. The summed E-state index contributed by atoms with van der Waals surface area (Å²) in [5, 5.41) is 5.09. The maximum atomic E-state index is 13.2. The summed E-state index contributed by atoms with van der Waals surface area (Å²) in [6, 6.07) is 4.09. The fraction of sp³-hybridized carbons (Fsp3) is 0.529. The molecule has 2 rings (SSSR count). The number of halogens is 1. The summed E-state index contributed by atoms with van der Waals surface area (Å²) >= 11 is 0. The molecular weight excluding hydrogens is 283 g/mol. The van der Waals surface area contributed by atoms with Gasteiger partial charge in [0.1, 0.15) is 5.82 Å². The van der Waals surface area contributed by atoms with Gasteiger partial charge in [-0.3, -0.25) is 9.59 Å². The Kier molecular flexibility index (Phi) is 5.92. The number of benzene rings is 1. The minimum absolute atomic E-state index is 0.326. The standard InChI is InChI=1S/C17H23FN2O2/c1-12-7-8-14(18)11-15(12)20-17(22)16(21)19-10-9-13-5-3-2-4-6-13/h7-8,11,13H,2-6,9-10H2,1H3,(H,19,21)(H,20,22). The molecule has 5 heteroatoms. The van der Waals surface area contributed by atoms with Gasteiger partial charge in [-0.1, -0.05) is 38.2 Å². The van der Waals surface area contributed by atoms with Crippen LogP contribution in [0.4, 0.5) is 10.1 Å². The fourth-order valence-electron chi connectivity index (χ4n) is 2.85. The van der Waals surface area contributed by atoms with Crippen LogP contribution in [0.15, 0.2) is 18.2 Å². The van der Waals surface area contributed by atoms with E-state index < -0.39 is 17.6 Å². The van der Waals surface area contributed by atoms with Crippen molar-refractivity contribution in [2.24, 2.45) is 5.92 Å². The van der Waals surface area contributed by atoms with E-state index in [0.717, 1.165) is 6.42 Å². The van der Waals surface area contributed by atoms with Gasteiger partial charge in [-0.05, 0) is 37.0 Å². The maximum Gasteiger partial charge on any atom is 0.313 e. The Labute approximate surface area is 130 Å². The van der Waals surface area contributed by atoms with Gasteiger partial charge in [-0.2, -0.15) is 0 Å². The number of hydrogen-bond acceptors (Lipinski definition) is 2. The molecular formula is C17H23FN2O2. The van der Waals surface area contributed by atoms with Crippen LogP contribution in [0.25, 0.3) is 0 Å². The number of aryl methyl sites for hydroxylation is 1. The summed E-state index contributed by atoms with van der Waals surface area (Å²) < 4.78 is 13.2. The Morgan fingerprint density at radius 3 is 2.64 bits per heavy atom. The average Bonchev–Trinajstić information content (AvgIpc) is 2.52. The van der Waals surface area contributed by atoms with Gasteiger partial charge in [0, 0.05) is 12.2 Å². The van der Waals surface area contributed by atoms with E-state index in [1.165, 1.54) is 44.2 Å². The minimum Gasteiger partial charge on any atom is -0.348 e. The lowest BCUT2D eigenvalue weighted by molar-refractivity contribution is -0.136. The molecule has 1 aromatic carbocycles. The summed E-state index contributed by atoms with van der Waals surface area (Å²) in [6.07, 6.45) is 7.17. The van der Waals surface area contributed by atoms with E-state index in [-0.39, 0.29) is 0 Å². The molecule has 0 aliphatic heterocycles. The zero-order valence-corrected chi connectivity index (χ0v) is 13.0. The highest BCUT2D eigenvalue weighted by atomic mass is 19.1. The largest absolute Gasteiger partial charge is 0.348 e. The van der Waals surface area contributed by atoms with Crippen LogP contribution in [0.3, 0.4) is 0 Å². The third-order valence-electron chi connectivity index (χ3n) is 4.22. The van der Waals surface area contributed by atoms with Crippen molar-refractivity contribution in [3.63, 3.8) is 0 Å². The Morgan fingerprint density at radius 1 is 1.18 bits per heavy atom. The zero-order chi connectivity index (χ0) is 15.9. The SMILES string of the molecule is Cc1ccc(F)cc1NC(=O)C(=O)NCCC1CCCCC1. The predicted octanol–water partition coefficient (Wildman–Crippen LogP) is 3.16. The minimum atomic E-state index is -0.752. The number of nitrogens with one attached hydrogen (secondary N) is 2. The van der Waals surface area contributed by atoms with Gasteiger partial charge >= 0.3 is 11.8 Å². The second kappa shape index (κ2) is 7.92. The van der Waals surface area contributed by atoms with Gasteiger partial charge in [-0.15, -0.1) is 0 Å². The third kappa shape index (κ3) is 4.83. The van der Waals surface area contributed by atoms with Crippen LogP contribution < -0.4 is 10.6 Å². The highest BCUT2D eigenvalue weighted by Gasteiger charge is 2.17. The highest BCUT2D eigenvalue weighted by Crippen LogP contribution is 2.25. The van der Waals surface area contributed by atoms with E-state index in [9.17, 15) is 14.0 Å². The molecule has 0 atom stereocenters. The summed E-state index contributed by atoms with van der Waals surface area (Å²) in [5.74, 6) is -1.21. The lowest BCUT2D eigenvalue weighted by Gasteiger charge is -2.21. The Balaban J connectivity index is 1.76. The molecule has 0 unspecified atom stereocenters. The van der Waals surface area contributed by atoms with E-state index in [0.29, 0.717) is 23.7 Å². The summed E-state index contributed by atoms with van der Waals surface area (Å²) in [4.78, 5) is 23.6. The Bertz CT molecular complexity index is 539. The first-order chi connectivity index (χ1) is 10.6. The topological polar surface area (TPSA) is 58.2 Å². The van der Waals surface area contributed by atoms with Gasteiger partial charge in [0.05, 0.1) is 0 Å². The van der Waals surface area contributed by atoms with E-state index >= 15 is 0 Å². The predicted molar refractivity (Wildman–Crippen MR) is 84.0 cm³/mol. The van der Waals surface area contributed by atoms with E-state index in [2.05, 4.69) is 10.6 Å². The van der Waals surface area contributed by atoms with Crippen LogP contribution in [-0.2, 0) is 9.59 Å². The second-order valence-corrected chi connectivity index (χ2v) is 5.96. The lowest BCUT2D eigenvalue weighted by Crippen LogP contribution is -2.36. The molecule has 1 aromatic rings. The number of anilines is 1. The average molecular weight is 306 g/mol. The van der Waals surface area contributed by atoms with Crippen molar-refractivity contribution in [1.29, 1.82) is 0 Å². The monoisotopic (exact) mass is 306 g/mol. The van der Waals surface area contributed by atoms with Crippen molar-refractivity contribution in [1.82, 2.24) is 5.32 Å². The van der Waals surface area contributed by atoms with Crippen LogP contribution in [-0.4, -0.2) is 18.4 Å². The molecule has 4 nitrogen and oxygen atoms in total. The van der Waals surface area contributed by atoms with E-state index in [1.807, 2.05) is 0 Å². The van der Waals surface area contributed by atoms with Crippen molar-refractivity contribution in [2.45, 2.75) is 45.4 Å². The van der Waals surface area contributed by atoms with Gasteiger partial charge in [0.15, 0.2) is 0 Å². The molecule has 0 aromatic heterocycles. The molecule has 0 saturated heterocycles.